The molecule has 0 N–H and O–H groups in total. The Bertz CT molecular complexity index is 1220. The fourth-order valence-corrected chi connectivity index (χ4v) is 3.20. The molecule has 4 aromatic rings. The van der Waals surface area contributed by atoms with E-state index in [-0.39, 0.29) is 23.2 Å². The van der Waals surface area contributed by atoms with Crippen LogP contribution < -0.4 is 10.4 Å². The Labute approximate surface area is 156 Å². The second kappa shape index (κ2) is 6.66. The van der Waals surface area contributed by atoms with Gasteiger partial charge in [-0.3, -0.25) is 4.57 Å². The summed E-state index contributed by atoms with van der Waals surface area (Å²) in [7, 11) is 0. The first-order valence-electron chi connectivity index (χ1n) is 8.05. The number of aryl methyl sites for hydroxylation is 1. The smallest absolute Gasteiger partial charge is 0.336 e. The molecule has 5 nitrogen and oxygen atoms in total. The van der Waals surface area contributed by atoms with Crippen LogP contribution in [0.3, 0.4) is 0 Å². The van der Waals surface area contributed by atoms with Crippen LogP contribution in [0, 0.1) is 6.92 Å². The van der Waals surface area contributed by atoms with Gasteiger partial charge < -0.3 is 9.15 Å². The third kappa shape index (κ3) is 3.14. The minimum Gasteiger partial charge on any atom is -0.484 e. The molecule has 0 saturated heterocycles. The van der Waals surface area contributed by atoms with Gasteiger partial charge in [0.05, 0.1) is 16.1 Å². The molecule has 27 heavy (non-hydrogen) atoms. The van der Waals surface area contributed by atoms with E-state index in [1.165, 1.54) is 12.1 Å². The normalized spacial score (nSPS) is 11.6. The van der Waals surface area contributed by atoms with Crippen LogP contribution in [0.15, 0.2) is 51.7 Å². The summed E-state index contributed by atoms with van der Waals surface area (Å²) < 4.78 is 38.6. The molecule has 138 valence electrons. The van der Waals surface area contributed by atoms with E-state index < -0.39 is 12.2 Å². The molecule has 2 aromatic heterocycles. The number of para-hydroxylation sites is 2. The fourth-order valence-electron chi connectivity index (χ4n) is 2.99. The molecule has 0 bridgehead atoms. The SMILES string of the molecule is Cc1cc(=O)oc2cc(OCc3nc4ccccc4n3C(F)F)c(Cl)cc12. The van der Waals surface area contributed by atoms with Crippen molar-refractivity contribution in [3.05, 3.63) is 69.3 Å². The van der Waals surface area contributed by atoms with E-state index in [0.717, 1.165) is 4.57 Å². The Morgan fingerprint density at radius 3 is 2.81 bits per heavy atom. The molecule has 0 aliphatic heterocycles. The van der Waals surface area contributed by atoms with Crippen molar-refractivity contribution >= 4 is 33.6 Å². The van der Waals surface area contributed by atoms with Gasteiger partial charge in [-0.1, -0.05) is 23.7 Å². The van der Waals surface area contributed by atoms with Gasteiger partial charge in [0, 0.05) is 17.5 Å². The lowest BCUT2D eigenvalue weighted by atomic mass is 10.1. The zero-order valence-electron chi connectivity index (χ0n) is 14.1. The molecule has 2 aromatic carbocycles. The van der Waals surface area contributed by atoms with E-state index in [9.17, 15) is 13.6 Å². The van der Waals surface area contributed by atoms with Crippen molar-refractivity contribution in [2.45, 2.75) is 20.1 Å². The monoisotopic (exact) mass is 390 g/mol. The summed E-state index contributed by atoms with van der Waals surface area (Å²) in [4.78, 5) is 15.8. The number of benzene rings is 2. The molecule has 0 fully saturated rings. The molecule has 0 saturated carbocycles. The highest BCUT2D eigenvalue weighted by atomic mass is 35.5. The van der Waals surface area contributed by atoms with E-state index in [4.69, 9.17) is 20.8 Å². The van der Waals surface area contributed by atoms with Gasteiger partial charge in [-0.25, -0.2) is 9.78 Å². The third-order valence-electron chi connectivity index (χ3n) is 4.22. The summed E-state index contributed by atoms with van der Waals surface area (Å²) >= 11 is 6.24. The lowest BCUT2D eigenvalue weighted by molar-refractivity contribution is 0.0677. The molecule has 0 spiro atoms. The Morgan fingerprint density at radius 1 is 1.26 bits per heavy atom. The summed E-state index contributed by atoms with van der Waals surface area (Å²) in [5.74, 6) is 0.277. The molecule has 0 amide bonds. The van der Waals surface area contributed by atoms with E-state index in [1.807, 2.05) is 0 Å². The van der Waals surface area contributed by atoms with E-state index in [1.54, 1.807) is 37.3 Å². The number of fused-ring (bicyclic) bond motifs is 2. The van der Waals surface area contributed by atoms with Crippen molar-refractivity contribution in [2.75, 3.05) is 0 Å². The number of hydrogen-bond acceptors (Lipinski definition) is 4. The number of ether oxygens (including phenoxy) is 1. The van der Waals surface area contributed by atoms with Gasteiger partial charge in [0.2, 0.25) is 0 Å². The van der Waals surface area contributed by atoms with Crippen molar-refractivity contribution in [3.8, 4) is 5.75 Å². The van der Waals surface area contributed by atoms with Gasteiger partial charge in [0.1, 0.15) is 17.9 Å². The Hall–Kier alpha value is -2.93. The van der Waals surface area contributed by atoms with Gasteiger partial charge >= 0.3 is 12.2 Å². The lowest BCUT2D eigenvalue weighted by Crippen LogP contribution is -2.08. The maximum atomic E-state index is 13.5. The Balaban J connectivity index is 1.72. The number of hydrogen-bond donors (Lipinski definition) is 0. The second-order valence-corrected chi connectivity index (χ2v) is 6.39. The Kier molecular flexibility index (Phi) is 4.31. The van der Waals surface area contributed by atoms with Crippen LogP contribution in [0.5, 0.6) is 5.75 Å². The van der Waals surface area contributed by atoms with Crippen LogP contribution in [0.1, 0.15) is 17.9 Å². The summed E-state index contributed by atoms with van der Waals surface area (Å²) in [6, 6.07) is 11.1. The molecule has 4 rings (SSSR count). The largest absolute Gasteiger partial charge is 0.484 e. The first-order valence-corrected chi connectivity index (χ1v) is 8.42. The molecular weight excluding hydrogens is 378 g/mol. The number of rotatable bonds is 4. The van der Waals surface area contributed by atoms with Crippen LogP contribution in [-0.4, -0.2) is 9.55 Å². The summed E-state index contributed by atoms with van der Waals surface area (Å²) in [6.07, 6.45) is 0. The van der Waals surface area contributed by atoms with Crippen LogP contribution in [0.25, 0.3) is 22.0 Å². The standard InChI is InChI=1S/C19H13ClF2N2O3/c1-10-6-18(25)27-15-8-16(12(20)7-11(10)15)26-9-17-23-13-4-2-3-5-14(13)24(17)19(21)22/h2-8,19H,9H2,1H3. The summed E-state index contributed by atoms with van der Waals surface area (Å²) in [6.45, 7) is -1.22. The predicted molar refractivity (Wildman–Crippen MR) is 97.5 cm³/mol. The van der Waals surface area contributed by atoms with Crippen molar-refractivity contribution < 1.29 is 17.9 Å². The number of halogens is 3. The third-order valence-corrected chi connectivity index (χ3v) is 4.52. The average Bonchev–Trinajstić information content (AvgIpc) is 2.99. The molecule has 0 aliphatic carbocycles. The summed E-state index contributed by atoms with van der Waals surface area (Å²) in [5.41, 5.74) is 1.30. The number of alkyl halides is 2. The zero-order chi connectivity index (χ0) is 19.1. The number of aromatic nitrogens is 2. The zero-order valence-corrected chi connectivity index (χ0v) is 14.8. The number of nitrogens with zero attached hydrogens (tertiary/aromatic N) is 2. The first kappa shape index (κ1) is 17.5. The highest BCUT2D eigenvalue weighted by Gasteiger charge is 2.18. The van der Waals surface area contributed by atoms with Crippen LogP contribution in [-0.2, 0) is 6.61 Å². The molecular formula is C19H13ClF2N2O3. The quantitative estimate of drug-likeness (QED) is 0.456. The minimum atomic E-state index is -2.76. The molecule has 2 heterocycles. The minimum absolute atomic E-state index is 0.0630. The van der Waals surface area contributed by atoms with Crippen LogP contribution >= 0.6 is 11.6 Å². The Morgan fingerprint density at radius 2 is 2.04 bits per heavy atom. The van der Waals surface area contributed by atoms with Gasteiger partial charge in [-0.15, -0.1) is 0 Å². The second-order valence-electron chi connectivity index (χ2n) is 5.98. The lowest BCUT2D eigenvalue weighted by Gasteiger charge is -2.11. The maximum Gasteiger partial charge on any atom is 0.336 e. The van der Waals surface area contributed by atoms with Crippen molar-refractivity contribution in [1.82, 2.24) is 9.55 Å². The molecule has 0 aliphatic rings. The van der Waals surface area contributed by atoms with Crippen molar-refractivity contribution in [3.63, 3.8) is 0 Å². The van der Waals surface area contributed by atoms with Crippen molar-refractivity contribution in [1.29, 1.82) is 0 Å². The highest BCUT2D eigenvalue weighted by Crippen LogP contribution is 2.32. The van der Waals surface area contributed by atoms with E-state index >= 15 is 0 Å². The summed E-state index contributed by atoms with van der Waals surface area (Å²) in [5, 5.41) is 0.950. The highest BCUT2D eigenvalue weighted by molar-refractivity contribution is 6.32. The fraction of sp³-hybridized carbons (Fsp3) is 0.158. The molecule has 0 radical (unpaired) electrons. The molecule has 0 unspecified atom stereocenters. The first-order chi connectivity index (χ1) is 12.9. The van der Waals surface area contributed by atoms with E-state index in [0.29, 0.717) is 27.6 Å². The van der Waals surface area contributed by atoms with Gasteiger partial charge in [-0.05, 0) is 30.7 Å². The topological polar surface area (TPSA) is 57.3 Å². The van der Waals surface area contributed by atoms with Crippen molar-refractivity contribution in [2.24, 2.45) is 0 Å². The average molecular weight is 391 g/mol. The van der Waals surface area contributed by atoms with Crippen LogP contribution in [0.4, 0.5) is 8.78 Å². The molecule has 8 heteroatoms. The maximum absolute atomic E-state index is 13.5. The number of imidazole rings is 1. The molecule has 0 atom stereocenters. The van der Waals surface area contributed by atoms with Gasteiger partial charge in [0.25, 0.3) is 0 Å². The van der Waals surface area contributed by atoms with Gasteiger partial charge in [0.15, 0.2) is 5.82 Å². The van der Waals surface area contributed by atoms with Crippen LogP contribution in [0.2, 0.25) is 5.02 Å². The van der Waals surface area contributed by atoms with E-state index in [2.05, 4.69) is 4.98 Å². The predicted octanol–water partition coefficient (Wildman–Crippen LogP) is 5.08. The van der Waals surface area contributed by atoms with Gasteiger partial charge in [-0.2, -0.15) is 8.78 Å².